The van der Waals surface area contributed by atoms with Gasteiger partial charge in [0.25, 0.3) is 10.1 Å². The minimum Gasteiger partial charge on any atom is -0.462 e. The molecule has 0 aromatic heterocycles. The van der Waals surface area contributed by atoms with Crippen LogP contribution in [0.5, 0.6) is 0 Å². The molecule has 0 bridgehead atoms. The second-order valence-electron chi connectivity index (χ2n) is 13.2. The zero-order chi connectivity index (χ0) is 39.2. The summed E-state index contributed by atoms with van der Waals surface area (Å²) in [4.78, 5) is 25.2. The molecule has 304 valence electrons. The van der Waals surface area contributed by atoms with Gasteiger partial charge < -0.3 is 34.3 Å². The molecule has 1 rings (SSSR count). The lowest BCUT2D eigenvalue weighted by molar-refractivity contribution is -0.297. The van der Waals surface area contributed by atoms with E-state index in [9.17, 15) is 37.9 Å². The fraction of sp³-hybridized carbons (Fsp3) is 0.700. The first kappa shape index (κ1) is 48.4. The Morgan fingerprint density at radius 1 is 0.660 bits per heavy atom. The Morgan fingerprint density at radius 3 is 1.85 bits per heavy atom. The number of hydrogen-bond acceptors (Lipinski definition) is 11. The minimum absolute atomic E-state index is 0.0472. The monoisotopic (exact) mass is 770 g/mol. The first-order valence-electron chi connectivity index (χ1n) is 19.3. The van der Waals surface area contributed by atoms with E-state index in [1.165, 1.54) is 38.5 Å². The van der Waals surface area contributed by atoms with E-state index < -0.39 is 71.2 Å². The molecule has 53 heavy (non-hydrogen) atoms. The molecule has 0 aromatic carbocycles. The molecule has 6 atom stereocenters. The maximum Gasteiger partial charge on any atom is 0.306 e. The van der Waals surface area contributed by atoms with Crippen molar-refractivity contribution in [2.45, 2.75) is 160 Å². The van der Waals surface area contributed by atoms with Crippen molar-refractivity contribution in [1.29, 1.82) is 0 Å². The van der Waals surface area contributed by atoms with Gasteiger partial charge in [-0.15, -0.1) is 0 Å². The smallest absolute Gasteiger partial charge is 0.306 e. The molecule has 0 spiro atoms. The van der Waals surface area contributed by atoms with Gasteiger partial charge in [0, 0.05) is 12.8 Å². The van der Waals surface area contributed by atoms with Gasteiger partial charge in [0.1, 0.15) is 36.8 Å². The normalized spacial score (nSPS) is 21.8. The summed E-state index contributed by atoms with van der Waals surface area (Å²) >= 11 is 0. The third-order valence-electron chi connectivity index (χ3n) is 8.34. The zero-order valence-corrected chi connectivity index (χ0v) is 32.7. The quantitative estimate of drug-likeness (QED) is 0.0266. The van der Waals surface area contributed by atoms with Crippen molar-refractivity contribution >= 4 is 22.1 Å². The first-order valence-corrected chi connectivity index (χ1v) is 21.0. The number of rotatable bonds is 30. The van der Waals surface area contributed by atoms with Gasteiger partial charge in [0.2, 0.25) is 0 Å². The maximum atomic E-state index is 12.7. The Balaban J connectivity index is 2.60. The molecule has 13 heteroatoms. The highest BCUT2D eigenvalue weighted by Gasteiger charge is 2.46. The summed E-state index contributed by atoms with van der Waals surface area (Å²) in [6.07, 6.45) is 25.9. The number of carbonyl (C=O) groups excluding carboxylic acids is 2. The van der Waals surface area contributed by atoms with E-state index in [0.717, 1.165) is 44.9 Å². The fourth-order valence-electron chi connectivity index (χ4n) is 5.33. The molecule has 0 amide bonds. The second-order valence-corrected chi connectivity index (χ2v) is 14.7. The molecule has 12 nitrogen and oxygen atoms in total. The number of esters is 2. The molecule has 1 saturated heterocycles. The molecule has 0 saturated carbocycles. The van der Waals surface area contributed by atoms with Gasteiger partial charge in [-0.1, -0.05) is 107 Å². The van der Waals surface area contributed by atoms with Crippen molar-refractivity contribution in [2.24, 2.45) is 0 Å². The van der Waals surface area contributed by atoms with E-state index in [1.54, 1.807) is 0 Å². The Labute approximate surface area is 317 Å². The van der Waals surface area contributed by atoms with Gasteiger partial charge in [-0.3, -0.25) is 14.1 Å². The summed E-state index contributed by atoms with van der Waals surface area (Å²) in [5, 5.41) is 30.7. The number of aliphatic hydroxyl groups is 3. The van der Waals surface area contributed by atoms with Gasteiger partial charge >= 0.3 is 11.9 Å². The summed E-state index contributed by atoms with van der Waals surface area (Å²) in [6, 6.07) is 0. The lowest BCUT2D eigenvalue weighted by Crippen LogP contribution is -2.60. The molecule has 0 aliphatic carbocycles. The van der Waals surface area contributed by atoms with Gasteiger partial charge in [-0.25, -0.2) is 0 Å². The Kier molecular flexibility index (Phi) is 28.0. The van der Waals surface area contributed by atoms with Gasteiger partial charge in [0.05, 0.1) is 6.61 Å². The molecule has 1 heterocycles. The van der Waals surface area contributed by atoms with Crippen molar-refractivity contribution in [1.82, 2.24) is 0 Å². The Hall–Kier alpha value is -2.65. The van der Waals surface area contributed by atoms with Crippen LogP contribution < -0.4 is 0 Å². The maximum absolute atomic E-state index is 12.7. The zero-order valence-electron chi connectivity index (χ0n) is 31.8. The second kappa shape index (κ2) is 30.7. The van der Waals surface area contributed by atoms with E-state index in [0.29, 0.717) is 12.8 Å². The van der Waals surface area contributed by atoms with Crippen molar-refractivity contribution in [3.05, 3.63) is 60.8 Å². The van der Waals surface area contributed by atoms with Crippen LogP contribution in [-0.2, 0) is 38.7 Å². The molecular weight excluding hydrogens is 704 g/mol. The van der Waals surface area contributed by atoms with Crippen LogP contribution in [0.2, 0.25) is 0 Å². The van der Waals surface area contributed by atoms with Crippen molar-refractivity contribution in [2.75, 3.05) is 19.0 Å². The van der Waals surface area contributed by atoms with Crippen LogP contribution in [0.3, 0.4) is 0 Å². The van der Waals surface area contributed by atoms with E-state index in [2.05, 4.69) is 62.5 Å². The predicted octanol–water partition coefficient (Wildman–Crippen LogP) is 6.61. The van der Waals surface area contributed by atoms with Crippen molar-refractivity contribution in [3.63, 3.8) is 0 Å². The fourth-order valence-corrected chi connectivity index (χ4v) is 6.02. The van der Waals surface area contributed by atoms with Crippen LogP contribution in [0.25, 0.3) is 0 Å². The first-order chi connectivity index (χ1) is 25.5. The molecule has 4 N–H and O–H groups in total. The average molecular weight is 771 g/mol. The summed E-state index contributed by atoms with van der Waals surface area (Å²) in [5.74, 6) is -2.13. The summed E-state index contributed by atoms with van der Waals surface area (Å²) in [6.45, 7) is 3.50. The van der Waals surface area contributed by atoms with Crippen LogP contribution in [0.1, 0.15) is 123 Å². The van der Waals surface area contributed by atoms with Gasteiger partial charge in [-0.2, -0.15) is 8.42 Å². The molecule has 3 unspecified atom stereocenters. The molecule has 0 radical (unpaired) electrons. The van der Waals surface area contributed by atoms with E-state index >= 15 is 0 Å². The SMILES string of the molecule is CC/C=C/C/C=C/C/C=C/CCCCC(=O)OCC(CO[C@H]1O[C@H](CS(=O)(=O)O)[C@@H](O)C(O)C1O)OC(=O)CC/C=C/C/C=C/CCCCCCCC. The number of allylic oxidation sites excluding steroid dienone is 10. The standard InChI is InChI=1S/C40H66O12S/c1-3-5-7-9-11-13-15-17-19-21-23-25-27-29-36(42)51-33(31-50-40-39(45)38(44)37(43)34(52-40)32-53(46,47)48)30-49-35(41)28-26-24-22-20-18-16-14-12-10-8-6-4-2/h6,8,12,14,17-20,23,25,33-34,37-40,43-45H,3-5,7,9-11,13,15-16,21-22,24,26-32H2,1-2H3,(H,46,47,48)/b8-6+,14-12+,19-17+,20-18+,25-23+/t33?,34-,37-,38?,39?,40+/m1/s1. The molecule has 1 fully saturated rings. The Morgan fingerprint density at radius 2 is 1.23 bits per heavy atom. The lowest BCUT2D eigenvalue weighted by Gasteiger charge is -2.40. The predicted molar refractivity (Wildman–Crippen MR) is 205 cm³/mol. The molecular formula is C40H66O12S. The van der Waals surface area contributed by atoms with Crippen LogP contribution in [0, 0.1) is 0 Å². The number of hydrogen-bond donors (Lipinski definition) is 4. The number of unbranched alkanes of at least 4 members (excludes halogenated alkanes) is 8. The topological polar surface area (TPSA) is 186 Å². The largest absolute Gasteiger partial charge is 0.462 e. The Bertz CT molecular complexity index is 1230. The summed E-state index contributed by atoms with van der Waals surface area (Å²) < 4.78 is 53.7. The highest BCUT2D eigenvalue weighted by atomic mass is 32.2. The molecule has 1 aliphatic heterocycles. The average Bonchev–Trinajstić information content (AvgIpc) is 3.12. The number of aliphatic hydroxyl groups excluding tert-OH is 3. The van der Waals surface area contributed by atoms with Crippen LogP contribution in [0.15, 0.2) is 60.8 Å². The van der Waals surface area contributed by atoms with Gasteiger partial charge in [-0.05, 0) is 64.2 Å². The van der Waals surface area contributed by atoms with Crippen LogP contribution in [0.4, 0.5) is 0 Å². The summed E-state index contributed by atoms with van der Waals surface area (Å²) in [7, 11) is -4.61. The highest BCUT2D eigenvalue weighted by molar-refractivity contribution is 7.85. The van der Waals surface area contributed by atoms with Gasteiger partial charge in [0.15, 0.2) is 12.4 Å². The summed E-state index contributed by atoms with van der Waals surface area (Å²) in [5.41, 5.74) is 0. The van der Waals surface area contributed by atoms with E-state index in [-0.39, 0.29) is 19.4 Å². The molecule has 1 aliphatic rings. The van der Waals surface area contributed by atoms with E-state index in [4.69, 9.17) is 18.9 Å². The van der Waals surface area contributed by atoms with Crippen molar-refractivity contribution in [3.8, 4) is 0 Å². The van der Waals surface area contributed by atoms with E-state index in [1.807, 2.05) is 12.2 Å². The minimum atomic E-state index is -4.61. The third kappa shape index (κ3) is 25.9. The van der Waals surface area contributed by atoms with Crippen LogP contribution in [-0.4, -0.2) is 96.0 Å². The van der Waals surface area contributed by atoms with Crippen molar-refractivity contribution < 1.29 is 56.8 Å². The molecule has 0 aromatic rings. The van der Waals surface area contributed by atoms with Crippen LogP contribution >= 0.6 is 0 Å². The lowest BCUT2D eigenvalue weighted by atomic mass is 10.00. The number of carbonyl (C=O) groups is 2. The highest BCUT2D eigenvalue weighted by Crippen LogP contribution is 2.23. The third-order valence-corrected chi connectivity index (χ3v) is 9.09. The number of ether oxygens (including phenoxy) is 4.